The molecule has 0 aliphatic carbocycles. The molecule has 0 aromatic heterocycles. The maximum absolute atomic E-state index is 5.88. The lowest BCUT2D eigenvalue weighted by Crippen LogP contribution is -2.35. The van der Waals surface area contributed by atoms with E-state index in [-0.39, 0.29) is 5.54 Å². The van der Waals surface area contributed by atoms with Crippen LogP contribution in [0.15, 0.2) is 24.3 Å². The summed E-state index contributed by atoms with van der Waals surface area (Å²) in [6, 6.07) is 8.67. The molecule has 1 N–H and O–H groups in total. The van der Waals surface area contributed by atoms with Crippen LogP contribution in [0.5, 0.6) is 0 Å². The van der Waals surface area contributed by atoms with Crippen LogP contribution >= 0.6 is 0 Å². The Bertz CT molecular complexity index is 419. The second-order valence-electron chi connectivity index (χ2n) is 6.99. The lowest BCUT2D eigenvalue weighted by atomic mass is 10.0. The second-order valence-corrected chi connectivity index (χ2v) is 6.99. The molecule has 3 nitrogen and oxygen atoms in total. The van der Waals surface area contributed by atoms with Crippen molar-refractivity contribution in [3.8, 4) is 0 Å². The van der Waals surface area contributed by atoms with E-state index in [2.05, 4.69) is 50.4 Å². The third-order valence-corrected chi connectivity index (χ3v) is 3.78. The highest BCUT2D eigenvalue weighted by Crippen LogP contribution is 2.16. The predicted octanol–water partition coefficient (Wildman–Crippen LogP) is 3.52. The molecule has 0 amide bonds. The summed E-state index contributed by atoms with van der Waals surface area (Å²) in [4.78, 5) is 0. The molecule has 1 aromatic carbocycles. The van der Waals surface area contributed by atoms with Crippen LogP contribution < -0.4 is 5.32 Å². The molecule has 1 aromatic rings. The zero-order chi connectivity index (χ0) is 15.1. The molecule has 118 valence electrons. The summed E-state index contributed by atoms with van der Waals surface area (Å²) in [5, 5.41) is 3.52. The van der Waals surface area contributed by atoms with E-state index >= 15 is 0 Å². The summed E-state index contributed by atoms with van der Waals surface area (Å²) in [6.07, 6.45) is 2.27. The van der Waals surface area contributed by atoms with Crippen molar-refractivity contribution < 1.29 is 9.47 Å². The van der Waals surface area contributed by atoms with Crippen LogP contribution in [0.2, 0.25) is 0 Å². The molecule has 1 heterocycles. The fourth-order valence-corrected chi connectivity index (χ4v) is 2.45. The van der Waals surface area contributed by atoms with E-state index in [0.717, 1.165) is 39.2 Å². The number of nitrogens with one attached hydrogen (secondary N) is 1. The summed E-state index contributed by atoms with van der Waals surface area (Å²) < 4.78 is 11.3. The van der Waals surface area contributed by atoms with Gasteiger partial charge in [0.2, 0.25) is 0 Å². The minimum atomic E-state index is 0.148. The predicted molar refractivity (Wildman–Crippen MR) is 86.2 cm³/mol. The van der Waals surface area contributed by atoms with Crippen molar-refractivity contribution in [1.82, 2.24) is 5.32 Å². The van der Waals surface area contributed by atoms with Gasteiger partial charge in [-0.15, -0.1) is 0 Å². The first-order valence-corrected chi connectivity index (χ1v) is 8.01. The highest BCUT2D eigenvalue weighted by atomic mass is 16.5. The normalized spacial score (nSPS) is 17.1. The van der Waals surface area contributed by atoms with Crippen molar-refractivity contribution in [3.05, 3.63) is 35.4 Å². The van der Waals surface area contributed by atoms with Crippen LogP contribution in [0.4, 0.5) is 0 Å². The summed E-state index contributed by atoms with van der Waals surface area (Å²) >= 11 is 0. The zero-order valence-electron chi connectivity index (χ0n) is 13.7. The molecule has 0 spiro atoms. The lowest BCUT2D eigenvalue weighted by Gasteiger charge is -2.22. The maximum Gasteiger partial charge on any atom is 0.0717 e. The molecule has 1 aliphatic heterocycles. The largest absolute Gasteiger partial charge is 0.381 e. The molecule has 1 fully saturated rings. The standard InChI is InChI=1S/C18H29NO2/c1-18(2,3)19-12-16-5-4-6-17(11-16)14-21-13-15-7-9-20-10-8-15/h4-6,11,15,19H,7-10,12-14H2,1-3H3. The van der Waals surface area contributed by atoms with Crippen LogP contribution in [0.3, 0.4) is 0 Å². The Balaban J connectivity index is 1.75. The molecule has 2 rings (SSSR count). The Hall–Kier alpha value is -0.900. The maximum atomic E-state index is 5.88. The molecule has 0 atom stereocenters. The Kier molecular flexibility index (Phi) is 6.22. The third kappa shape index (κ3) is 6.60. The van der Waals surface area contributed by atoms with Crippen molar-refractivity contribution >= 4 is 0 Å². The average Bonchev–Trinajstić information content (AvgIpc) is 2.46. The molecular weight excluding hydrogens is 262 g/mol. The molecule has 21 heavy (non-hydrogen) atoms. The Labute approximate surface area is 129 Å². The highest BCUT2D eigenvalue weighted by molar-refractivity contribution is 5.23. The van der Waals surface area contributed by atoms with Crippen LogP contribution in [0.1, 0.15) is 44.7 Å². The molecule has 3 heteroatoms. The summed E-state index contributed by atoms with van der Waals surface area (Å²) in [6.45, 7) is 10.8. The van der Waals surface area contributed by atoms with E-state index < -0.39 is 0 Å². The third-order valence-electron chi connectivity index (χ3n) is 3.78. The van der Waals surface area contributed by atoms with Crippen LogP contribution in [-0.4, -0.2) is 25.4 Å². The number of ether oxygens (including phenoxy) is 2. The molecule has 0 radical (unpaired) electrons. The van der Waals surface area contributed by atoms with Crippen LogP contribution in [0.25, 0.3) is 0 Å². The van der Waals surface area contributed by atoms with Gasteiger partial charge in [-0.2, -0.15) is 0 Å². The van der Waals surface area contributed by atoms with Crippen molar-refractivity contribution in [2.75, 3.05) is 19.8 Å². The Morgan fingerprint density at radius 2 is 1.90 bits per heavy atom. The monoisotopic (exact) mass is 291 g/mol. The smallest absolute Gasteiger partial charge is 0.0717 e. The van der Waals surface area contributed by atoms with E-state index in [1.54, 1.807) is 0 Å². The van der Waals surface area contributed by atoms with Crippen molar-refractivity contribution in [3.63, 3.8) is 0 Å². The summed E-state index contributed by atoms with van der Waals surface area (Å²) in [7, 11) is 0. The van der Waals surface area contributed by atoms with Crippen molar-refractivity contribution in [2.45, 2.75) is 52.3 Å². The first-order chi connectivity index (χ1) is 10.0. The first-order valence-electron chi connectivity index (χ1n) is 8.01. The zero-order valence-corrected chi connectivity index (χ0v) is 13.7. The first kappa shape index (κ1) is 16.5. The van der Waals surface area contributed by atoms with Gasteiger partial charge in [0, 0.05) is 25.3 Å². The van der Waals surface area contributed by atoms with Gasteiger partial charge in [0.25, 0.3) is 0 Å². The molecule has 0 unspecified atom stereocenters. The van der Waals surface area contributed by atoms with Crippen molar-refractivity contribution in [1.29, 1.82) is 0 Å². The fraction of sp³-hybridized carbons (Fsp3) is 0.667. The quantitative estimate of drug-likeness (QED) is 0.870. The number of benzene rings is 1. The second kappa shape index (κ2) is 7.92. The number of hydrogen-bond donors (Lipinski definition) is 1. The van der Waals surface area contributed by atoms with E-state index in [9.17, 15) is 0 Å². The van der Waals surface area contributed by atoms with E-state index in [1.165, 1.54) is 11.1 Å². The Morgan fingerprint density at radius 1 is 1.19 bits per heavy atom. The topological polar surface area (TPSA) is 30.5 Å². The average molecular weight is 291 g/mol. The van der Waals surface area contributed by atoms with Gasteiger partial charge in [-0.1, -0.05) is 24.3 Å². The SMILES string of the molecule is CC(C)(C)NCc1cccc(COCC2CCOCC2)c1. The van der Waals surface area contributed by atoms with E-state index in [0.29, 0.717) is 12.5 Å². The molecule has 0 saturated carbocycles. The minimum Gasteiger partial charge on any atom is -0.381 e. The fourth-order valence-electron chi connectivity index (χ4n) is 2.45. The molecule has 1 saturated heterocycles. The molecule has 0 bridgehead atoms. The number of rotatable bonds is 6. The van der Waals surface area contributed by atoms with E-state index in [1.807, 2.05) is 0 Å². The van der Waals surface area contributed by atoms with E-state index in [4.69, 9.17) is 9.47 Å². The number of hydrogen-bond acceptors (Lipinski definition) is 3. The van der Waals surface area contributed by atoms with Gasteiger partial charge in [-0.05, 0) is 50.7 Å². The van der Waals surface area contributed by atoms with Gasteiger partial charge in [0.1, 0.15) is 0 Å². The van der Waals surface area contributed by atoms with Gasteiger partial charge < -0.3 is 14.8 Å². The molecule has 1 aliphatic rings. The van der Waals surface area contributed by atoms with Gasteiger partial charge >= 0.3 is 0 Å². The highest BCUT2D eigenvalue weighted by Gasteiger charge is 2.13. The minimum absolute atomic E-state index is 0.148. The lowest BCUT2D eigenvalue weighted by molar-refractivity contribution is 0.0157. The summed E-state index contributed by atoms with van der Waals surface area (Å²) in [5.41, 5.74) is 2.72. The van der Waals surface area contributed by atoms with Gasteiger partial charge in [-0.3, -0.25) is 0 Å². The van der Waals surface area contributed by atoms with Crippen LogP contribution in [0, 0.1) is 5.92 Å². The summed E-state index contributed by atoms with van der Waals surface area (Å²) in [5.74, 6) is 0.671. The van der Waals surface area contributed by atoms with Crippen LogP contribution in [-0.2, 0) is 22.6 Å². The van der Waals surface area contributed by atoms with Crippen molar-refractivity contribution in [2.24, 2.45) is 5.92 Å². The van der Waals surface area contributed by atoms with Gasteiger partial charge in [-0.25, -0.2) is 0 Å². The Morgan fingerprint density at radius 3 is 2.62 bits per heavy atom. The van der Waals surface area contributed by atoms with Gasteiger partial charge in [0.15, 0.2) is 0 Å². The molecular formula is C18H29NO2. The van der Waals surface area contributed by atoms with Gasteiger partial charge in [0.05, 0.1) is 13.2 Å².